The number of hydrazine groups is 1. The maximum atomic E-state index is 13.1. The number of aromatic nitrogens is 1. The molecule has 16 nitrogen and oxygen atoms in total. The molecule has 0 saturated carbocycles. The summed E-state index contributed by atoms with van der Waals surface area (Å²) in [5.74, 6) is 2.55. The SMILES string of the molecule is CC(O/N=C(\C(=O)NC1C(=O)N2C(C(=O)O)=C(CSC3=NC(N)=CCN3N)CS[C@@H]12)c1csc(N)n1)C(=O)O. The lowest BCUT2D eigenvalue weighted by molar-refractivity contribution is -0.150. The molecule has 3 aliphatic rings. The number of anilines is 1. The van der Waals surface area contributed by atoms with Crippen LogP contribution in [0.1, 0.15) is 12.6 Å². The Morgan fingerprint density at radius 3 is 2.74 bits per heavy atom. The van der Waals surface area contributed by atoms with E-state index in [-0.39, 0.29) is 33.7 Å². The van der Waals surface area contributed by atoms with Crippen molar-refractivity contribution < 1.29 is 34.2 Å². The normalized spacial score (nSPS) is 21.9. The Balaban J connectivity index is 1.50. The number of carbonyl (C=O) groups excluding carboxylic acids is 2. The molecule has 0 aromatic carbocycles. The van der Waals surface area contributed by atoms with Crippen LogP contribution in [0.15, 0.2) is 38.7 Å². The number of aliphatic imine (C=N–C) groups is 1. The topological polar surface area (TPSA) is 252 Å². The third kappa shape index (κ3) is 5.95. The van der Waals surface area contributed by atoms with E-state index in [9.17, 15) is 24.3 Å². The highest BCUT2D eigenvalue weighted by Gasteiger charge is 2.54. The standard InChI is InChI=1S/C20H23N9O7S3/c1-7(17(32)33)36-27-11(9-6-38-19(22)24-9)14(30)26-12-15(31)29-13(18(34)35)8(4-37-16(12)29)5-39-20-25-10(21)2-3-28(20)23/h2,6-7,12,16H,3-5,21,23H2,1H3,(H2,22,24)(H,26,30)(H,32,33)(H,34,35)/b27-11-/t7?,12?,16-/m0/s1. The van der Waals surface area contributed by atoms with Crippen molar-refractivity contribution in [1.82, 2.24) is 20.2 Å². The van der Waals surface area contributed by atoms with Gasteiger partial charge in [0.05, 0.1) is 6.54 Å². The summed E-state index contributed by atoms with van der Waals surface area (Å²) >= 11 is 3.48. The first-order valence-electron chi connectivity index (χ1n) is 11.1. The number of amides is 2. The number of aliphatic carboxylic acids is 2. The number of nitrogens with zero attached hydrogens (tertiary/aromatic N) is 5. The highest BCUT2D eigenvalue weighted by atomic mass is 32.2. The molecule has 1 saturated heterocycles. The molecule has 19 heteroatoms. The summed E-state index contributed by atoms with van der Waals surface area (Å²) in [7, 11) is 0. The average molecular weight is 598 g/mol. The van der Waals surface area contributed by atoms with Crippen molar-refractivity contribution in [3.8, 4) is 0 Å². The minimum absolute atomic E-state index is 0.0213. The van der Waals surface area contributed by atoms with Gasteiger partial charge in [-0.25, -0.2) is 25.4 Å². The summed E-state index contributed by atoms with van der Waals surface area (Å²) in [4.78, 5) is 63.5. The fourth-order valence-corrected chi connectivity index (χ4v) is 6.51. The summed E-state index contributed by atoms with van der Waals surface area (Å²) in [5, 5.41) is 27.7. The number of nitrogen functional groups attached to an aromatic ring is 1. The molecule has 2 unspecified atom stereocenters. The minimum Gasteiger partial charge on any atom is -0.478 e. The van der Waals surface area contributed by atoms with Crippen molar-refractivity contribution in [3.63, 3.8) is 0 Å². The highest BCUT2D eigenvalue weighted by Crippen LogP contribution is 2.41. The number of thiazole rings is 1. The summed E-state index contributed by atoms with van der Waals surface area (Å²) in [6, 6.07) is -1.07. The predicted octanol–water partition coefficient (Wildman–Crippen LogP) is -1.26. The van der Waals surface area contributed by atoms with Crippen molar-refractivity contribution >= 4 is 74.6 Å². The van der Waals surface area contributed by atoms with Gasteiger partial charge in [0, 0.05) is 16.9 Å². The zero-order chi connectivity index (χ0) is 28.4. The van der Waals surface area contributed by atoms with Gasteiger partial charge in [0.15, 0.2) is 16.0 Å². The van der Waals surface area contributed by atoms with Crippen LogP contribution in [0.3, 0.4) is 0 Å². The maximum Gasteiger partial charge on any atom is 0.352 e. The smallest absolute Gasteiger partial charge is 0.352 e. The number of nitrogens with one attached hydrogen (secondary N) is 1. The van der Waals surface area contributed by atoms with E-state index in [1.54, 1.807) is 6.08 Å². The first kappa shape index (κ1) is 28.2. The molecule has 39 heavy (non-hydrogen) atoms. The third-order valence-electron chi connectivity index (χ3n) is 5.51. The Kier molecular flexibility index (Phi) is 8.33. The number of carboxylic acid groups (broad SMARTS) is 2. The van der Waals surface area contributed by atoms with Gasteiger partial charge >= 0.3 is 11.9 Å². The van der Waals surface area contributed by atoms with Gasteiger partial charge in [0.1, 0.15) is 28.6 Å². The van der Waals surface area contributed by atoms with Crippen molar-refractivity contribution in [1.29, 1.82) is 0 Å². The van der Waals surface area contributed by atoms with Crippen molar-refractivity contribution in [2.45, 2.75) is 24.4 Å². The number of thioether (sulfide) groups is 2. The van der Waals surface area contributed by atoms with Crippen LogP contribution in [-0.4, -0.2) is 95.3 Å². The molecule has 208 valence electrons. The fraction of sp³-hybridized carbons (Fsp3) is 0.350. The Morgan fingerprint density at radius 2 is 2.10 bits per heavy atom. The van der Waals surface area contributed by atoms with Crippen molar-refractivity contribution in [2.24, 2.45) is 21.7 Å². The monoisotopic (exact) mass is 597 g/mol. The number of β-lactam (4-membered cyclic amide) rings is 1. The Bertz CT molecular complexity index is 1340. The van der Waals surface area contributed by atoms with Crippen molar-refractivity contribution in [2.75, 3.05) is 23.8 Å². The van der Waals surface area contributed by atoms with Gasteiger partial charge in [-0.1, -0.05) is 16.9 Å². The Morgan fingerprint density at radius 1 is 1.36 bits per heavy atom. The molecule has 0 bridgehead atoms. The molecule has 1 aromatic heterocycles. The summed E-state index contributed by atoms with van der Waals surface area (Å²) in [5.41, 5.74) is 11.3. The molecular formula is C20H23N9O7S3. The van der Waals surface area contributed by atoms with Crippen LogP contribution >= 0.6 is 34.9 Å². The number of nitrogens with two attached hydrogens (primary N) is 3. The molecule has 0 aliphatic carbocycles. The van der Waals surface area contributed by atoms with Gasteiger partial charge in [-0.05, 0) is 18.6 Å². The molecule has 2 amide bonds. The van der Waals surface area contributed by atoms with Gasteiger partial charge < -0.3 is 31.8 Å². The fourth-order valence-electron chi connectivity index (χ4n) is 3.54. The van der Waals surface area contributed by atoms with E-state index in [0.29, 0.717) is 23.1 Å². The molecule has 4 heterocycles. The van der Waals surface area contributed by atoms with E-state index in [1.165, 1.54) is 40.8 Å². The summed E-state index contributed by atoms with van der Waals surface area (Å²) in [6.45, 7) is 1.57. The minimum atomic E-state index is -1.36. The molecule has 1 aromatic rings. The zero-order valence-electron chi connectivity index (χ0n) is 20.1. The lowest BCUT2D eigenvalue weighted by atomic mass is 10.0. The van der Waals surface area contributed by atoms with Crippen LogP contribution in [0.4, 0.5) is 5.13 Å². The van der Waals surface area contributed by atoms with Gasteiger partial charge in [-0.3, -0.25) is 19.5 Å². The Hall–Kier alpha value is -3.81. The number of carboxylic acids is 2. The molecule has 0 spiro atoms. The molecule has 1 fully saturated rings. The number of amidine groups is 1. The zero-order valence-corrected chi connectivity index (χ0v) is 22.6. The molecule has 3 aliphatic heterocycles. The van der Waals surface area contributed by atoms with E-state index in [4.69, 9.17) is 27.3 Å². The first-order chi connectivity index (χ1) is 18.5. The highest BCUT2D eigenvalue weighted by molar-refractivity contribution is 8.14. The van der Waals surface area contributed by atoms with E-state index in [2.05, 4.69) is 20.4 Å². The molecule has 0 radical (unpaired) electrons. The van der Waals surface area contributed by atoms with E-state index in [0.717, 1.165) is 16.2 Å². The molecule has 9 N–H and O–H groups in total. The maximum absolute atomic E-state index is 13.1. The number of oxime groups is 1. The lowest BCUT2D eigenvalue weighted by Crippen LogP contribution is -2.71. The number of fused-ring (bicyclic) bond motifs is 1. The van der Waals surface area contributed by atoms with Crippen LogP contribution in [0, 0.1) is 0 Å². The van der Waals surface area contributed by atoms with Crippen LogP contribution in [0.2, 0.25) is 0 Å². The van der Waals surface area contributed by atoms with Gasteiger partial charge in [-0.15, -0.1) is 23.1 Å². The summed E-state index contributed by atoms with van der Waals surface area (Å²) in [6.07, 6.45) is 0.273. The van der Waals surface area contributed by atoms with Gasteiger partial charge in [0.2, 0.25) is 6.10 Å². The molecular weight excluding hydrogens is 574 g/mol. The lowest BCUT2D eigenvalue weighted by Gasteiger charge is -2.49. The predicted molar refractivity (Wildman–Crippen MR) is 144 cm³/mol. The number of hydrogen-bond donors (Lipinski definition) is 6. The van der Waals surface area contributed by atoms with Gasteiger partial charge in [-0.2, -0.15) is 0 Å². The van der Waals surface area contributed by atoms with E-state index < -0.39 is 41.3 Å². The number of hydrogen-bond acceptors (Lipinski definition) is 15. The van der Waals surface area contributed by atoms with Gasteiger partial charge in [0.25, 0.3) is 11.8 Å². The molecule has 3 atom stereocenters. The van der Waals surface area contributed by atoms with E-state index in [1.807, 2.05) is 0 Å². The molecule has 4 rings (SSSR count). The average Bonchev–Trinajstić information content (AvgIpc) is 3.32. The second kappa shape index (κ2) is 11.5. The first-order valence-corrected chi connectivity index (χ1v) is 14.0. The number of rotatable bonds is 9. The largest absolute Gasteiger partial charge is 0.478 e. The number of carbonyl (C=O) groups is 4. The summed E-state index contributed by atoms with van der Waals surface area (Å²) < 4.78 is 0. The van der Waals surface area contributed by atoms with Crippen LogP contribution in [0.5, 0.6) is 0 Å². The van der Waals surface area contributed by atoms with Crippen LogP contribution in [-0.2, 0) is 24.0 Å². The van der Waals surface area contributed by atoms with Crippen molar-refractivity contribution in [3.05, 3.63) is 34.2 Å². The quantitative estimate of drug-likeness (QED) is 0.0841. The van der Waals surface area contributed by atoms with Crippen LogP contribution in [0.25, 0.3) is 0 Å². The Labute approximate surface area is 232 Å². The second-order valence-corrected chi connectivity index (χ2v) is 11.1. The van der Waals surface area contributed by atoms with E-state index >= 15 is 0 Å². The second-order valence-electron chi connectivity index (χ2n) is 8.18. The third-order valence-corrected chi connectivity index (χ3v) is 8.60. The van der Waals surface area contributed by atoms with Crippen LogP contribution < -0.4 is 22.6 Å².